The Morgan fingerprint density at radius 1 is 1.29 bits per heavy atom. The second-order valence-electron chi connectivity index (χ2n) is 4.52. The highest BCUT2D eigenvalue weighted by Crippen LogP contribution is 2.29. The number of hydrogen-bond donors (Lipinski definition) is 1. The molecule has 0 bridgehead atoms. The first-order valence-electron chi connectivity index (χ1n) is 6.27. The third-order valence-electron chi connectivity index (χ3n) is 3.04. The number of rotatable bonds is 4. The molecule has 112 valence electrons. The summed E-state index contributed by atoms with van der Waals surface area (Å²) in [4.78, 5) is 15.5. The van der Waals surface area contributed by atoms with Crippen LogP contribution in [0.3, 0.4) is 0 Å². The van der Waals surface area contributed by atoms with Crippen LogP contribution in [0.1, 0.15) is 17.0 Å². The van der Waals surface area contributed by atoms with Gasteiger partial charge >= 0.3 is 6.18 Å². The third-order valence-corrected chi connectivity index (χ3v) is 3.04. The summed E-state index contributed by atoms with van der Waals surface area (Å²) in [6.07, 6.45) is -0.755. The van der Waals surface area contributed by atoms with E-state index in [0.717, 1.165) is 12.1 Å². The number of benzene rings is 1. The van der Waals surface area contributed by atoms with Gasteiger partial charge in [0.2, 0.25) is 5.91 Å². The van der Waals surface area contributed by atoms with E-state index < -0.39 is 11.7 Å². The average Bonchev–Trinajstić information content (AvgIpc) is 2.85. The molecule has 2 aromatic rings. The van der Waals surface area contributed by atoms with Gasteiger partial charge in [-0.15, -0.1) is 0 Å². The minimum absolute atomic E-state index is 0.131. The second-order valence-corrected chi connectivity index (χ2v) is 4.52. The number of carbonyl (C=O) groups is 1. The quantitative estimate of drug-likeness (QED) is 0.941. The van der Waals surface area contributed by atoms with E-state index in [2.05, 4.69) is 10.3 Å². The molecule has 7 heteroatoms. The molecule has 0 aliphatic carbocycles. The first-order valence-corrected chi connectivity index (χ1v) is 6.27. The van der Waals surface area contributed by atoms with E-state index in [-0.39, 0.29) is 12.5 Å². The molecule has 4 nitrogen and oxygen atoms in total. The van der Waals surface area contributed by atoms with Crippen LogP contribution in [-0.2, 0) is 23.9 Å². The summed E-state index contributed by atoms with van der Waals surface area (Å²) < 4.78 is 39.1. The lowest BCUT2D eigenvalue weighted by Gasteiger charge is -2.09. The van der Waals surface area contributed by atoms with E-state index in [1.54, 1.807) is 17.0 Å². The molecule has 0 aliphatic heterocycles. The molecule has 1 heterocycles. The number of amides is 1. The molecule has 0 fully saturated rings. The minimum Gasteiger partial charge on any atom is -0.358 e. The molecule has 0 spiro atoms. The summed E-state index contributed by atoms with van der Waals surface area (Å²) in [5, 5.41) is 2.51. The summed E-state index contributed by atoms with van der Waals surface area (Å²) in [6.45, 7) is 0.131. The van der Waals surface area contributed by atoms with Gasteiger partial charge in [-0.3, -0.25) is 4.79 Å². The van der Waals surface area contributed by atoms with E-state index in [0.29, 0.717) is 17.8 Å². The number of hydrogen-bond acceptors (Lipinski definition) is 2. The molecule has 0 saturated carbocycles. The number of nitrogens with zero attached hydrogens (tertiary/aromatic N) is 2. The zero-order valence-corrected chi connectivity index (χ0v) is 11.3. The van der Waals surface area contributed by atoms with E-state index in [1.165, 1.54) is 19.2 Å². The Labute approximate surface area is 119 Å². The van der Waals surface area contributed by atoms with Crippen molar-refractivity contribution in [3.63, 3.8) is 0 Å². The molecule has 1 N–H and O–H groups in total. The molecule has 21 heavy (non-hydrogen) atoms. The van der Waals surface area contributed by atoms with Crippen LogP contribution in [0, 0.1) is 0 Å². The maximum Gasteiger partial charge on any atom is 0.416 e. The molecule has 0 atom stereocenters. The van der Waals surface area contributed by atoms with Crippen molar-refractivity contribution in [3.05, 3.63) is 53.6 Å². The monoisotopic (exact) mass is 297 g/mol. The molecular formula is C14H14F3N3O. The molecule has 1 amide bonds. The molecule has 1 aromatic heterocycles. The van der Waals surface area contributed by atoms with Crippen molar-refractivity contribution < 1.29 is 18.0 Å². The number of carbonyl (C=O) groups excluding carboxylic acids is 1. The number of nitrogens with one attached hydrogen (secondary N) is 1. The fourth-order valence-corrected chi connectivity index (χ4v) is 1.88. The van der Waals surface area contributed by atoms with Gasteiger partial charge in [0, 0.05) is 25.9 Å². The van der Waals surface area contributed by atoms with E-state index >= 15 is 0 Å². The number of imidazole rings is 1. The number of halogens is 3. The molecule has 0 radical (unpaired) electrons. The summed E-state index contributed by atoms with van der Waals surface area (Å²) in [5.74, 6) is 0.458. The maximum absolute atomic E-state index is 12.5. The van der Waals surface area contributed by atoms with Gasteiger partial charge in [-0.2, -0.15) is 13.2 Å². The minimum atomic E-state index is -4.34. The summed E-state index contributed by atoms with van der Waals surface area (Å²) in [7, 11) is 1.54. The standard InChI is InChI=1S/C14H14F3N3O/c1-18-13(21)9-20-7-6-19-12(20)8-10-2-4-11(5-3-10)14(15,16)17/h2-7H,8-9H2,1H3,(H,18,21). The topological polar surface area (TPSA) is 46.9 Å². The summed E-state index contributed by atoms with van der Waals surface area (Å²) >= 11 is 0. The Morgan fingerprint density at radius 2 is 1.95 bits per heavy atom. The van der Waals surface area contributed by atoms with E-state index in [1.807, 2.05) is 0 Å². The predicted octanol–water partition coefficient (Wildman–Crippen LogP) is 2.24. The Kier molecular flexibility index (Phi) is 4.30. The summed E-state index contributed by atoms with van der Waals surface area (Å²) in [6, 6.07) is 4.92. The highest BCUT2D eigenvalue weighted by Gasteiger charge is 2.29. The van der Waals surface area contributed by atoms with Crippen LogP contribution in [0.25, 0.3) is 0 Å². The molecule has 1 aromatic carbocycles. The highest BCUT2D eigenvalue weighted by atomic mass is 19.4. The van der Waals surface area contributed by atoms with Gasteiger partial charge in [0.1, 0.15) is 12.4 Å². The highest BCUT2D eigenvalue weighted by molar-refractivity contribution is 5.75. The Morgan fingerprint density at radius 3 is 2.52 bits per heavy atom. The van der Waals surface area contributed by atoms with Gasteiger partial charge in [-0.1, -0.05) is 12.1 Å². The number of aromatic nitrogens is 2. The smallest absolute Gasteiger partial charge is 0.358 e. The second kappa shape index (κ2) is 5.99. The fourth-order valence-electron chi connectivity index (χ4n) is 1.88. The van der Waals surface area contributed by atoms with Crippen molar-refractivity contribution in [2.45, 2.75) is 19.1 Å². The normalized spacial score (nSPS) is 11.4. The SMILES string of the molecule is CNC(=O)Cn1ccnc1Cc1ccc(C(F)(F)F)cc1. The maximum atomic E-state index is 12.5. The largest absolute Gasteiger partial charge is 0.416 e. The van der Waals surface area contributed by atoms with E-state index in [4.69, 9.17) is 0 Å². The van der Waals surface area contributed by atoms with Crippen molar-refractivity contribution in [3.8, 4) is 0 Å². The van der Waals surface area contributed by atoms with Crippen molar-refractivity contribution in [1.29, 1.82) is 0 Å². The lowest BCUT2D eigenvalue weighted by Crippen LogP contribution is -2.24. The number of likely N-dealkylation sites (N-methyl/N-ethyl adjacent to an activating group) is 1. The van der Waals surface area contributed by atoms with Crippen molar-refractivity contribution in [2.24, 2.45) is 0 Å². The Hall–Kier alpha value is -2.31. The lowest BCUT2D eigenvalue weighted by molar-refractivity contribution is -0.137. The predicted molar refractivity (Wildman–Crippen MR) is 70.5 cm³/mol. The Balaban J connectivity index is 2.12. The zero-order chi connectivity index (χ0) is 15.5. The third kappa shape index (κ3) is 3.84. The first kappa shape index (κ1) is 15.1. The molecular weight excluding hydrogens is 283 g/mol. The molecule has 2 rings (SSSR count). The van der Waals surface area contributed by atoms with Crippen molar-refractivity contribution in [2.75, 3.05) is 7.05 Å². The van der Waals surface area contributed by atoms with Gasteiger partial charge in [0.15, 0.2) is 0 Å². The lowest BCUT2D eigenvalue weighted by atomic mass is 10.1. The van der Waals surface area contributed by atoms with Crippen LogP contribution in [-0.4, -0.2) is 22.5 Å². The van der Waals surface area contributed by atoms with Gasteiger partial charge < -0.3 is 9.88 Å². The molecule has 0 saturated heterocycles. The fraction of sp³-hybridized carbons (Fsp3) is 0.286. The van der Waals surface area contributed by atoms with Crippen molar-refractivity contribution in [1.82, 2.24) is 14.9 Å². The van der Waals surface area contributed by atoms with Gasteiger partial charge in [0.05, 0.1) is 5.56 Å². The number of alkyl halides is 3. The van der Waals surface area contributed by atoms with E-state index in [9.17, 15) is 18.0 Å². The van der Waals surface area contributed by atoms with Crippen LogP contribution in [0.2, 0.25) is 0 Å². The van der Waals surface area contributed by atoms with Crippen LogP contribution in [0.5, 0.6) is 0 Å². The zero-order valence-electron chi connectivity index (χ0n) is 11.3. The van der Waals surface area contributed by atoms with Crippen molar-refractivity contribution >= 4 is 5.91 Å². The van der Waals surface area contributed by atoms with Crippen LogP contribution in [0.15, 0.2) is 36.7 Å². The average molecular weight is 297 g/mol. The van der Waals surface area contributed by atoms with Gasteiger partial charge in [0.25, 0.3) is 0 Å². The Bertz CT molecular complexity index is 617. The first-order chi connectivity index (χ1) is 9.90. The molecule has 0 aliphatic rings. The van der Waals surface area contributed by atoms with Gasteiger partial charge in [-0.25, -0.2) is 4.98 Å². The van der Waals surface area contributed by atoms with Crippen LogP contribution < -0.4 is 5.32 Å². The molecule has 0 unspecified atom stereocenters. The summed E-state index contributed by atoms with van der Waals surface area (Å²) in [5.41, 5.74) is 0.0207. The van der Waals surface area contributed by atoms with Crippen LogP contribution in [0.4, 0.5) is 13.2 Å². The van der Waals surface area contributed by atoms with Gasteiger partial charge in [-0.05, 0) is 17.7 Å². The van der Waals surface area contributed by atoms with Crippen LogP contribution >= 0.6 is 0 Å².